The summed E-state index contributed by atoms with van der Waals surface area (Å²) in [6, 6.07) is 2.75. The van der Waals surface area contributed by atoms with Gasteiger partial charge < -0.3 is 14.9 Å². The molecule has 90 valence electrons. The Labute approximate surface area is 93.5 Å². The number of hydrogen-bond donors (Lipinski definition) is 2. The number of rotatable bonds is 5. The molecule has 0 spiro atoms. The second kappa shape index (κ2) is 5.53. The van der Waals surface area contributed by atoms with E-state index < -0.39 is 6.03 Å². The number of urea groups is 1. The van der Waals surface area contributed by atoms with Crippen molar-refractivity contribution >= 4 is 6.03 Å². The molecule has 6 nitrogen and oxygen atoms in total. The number of hydroxylamine groups is 2. The Morgan fingerprint density at radius 2 is 2.38 bits per heavy atom. The van der Waals surface area contributed by atoms with E-state index in [1.54, 1.807) is 6.92 Å². The molecule has 0 bridgehead atoms. The minimum absolute atomic E-state index is 0.0228. The van der Waals surface area contributed by atoms with Gasteiger partial charge in [0.05, 0.1) is 12.6 Å². The molecule has 6 heteroatoms. The fraction of sp³-hybridized carbons (Fsp3) is 0.500. The van der Waals surface area contributed by atoms with Crippen molar-refractivity contribution in [2.24, 2.45) is 5.73 Å². The van der Waals surface area contributed by atoms with Gasteiger partial charge in [-0.25, -0.2) is 9.86 Å². The molecule has 0 saturated heterocycles. The van der Waals surface area contributed by atoms with Crippen LogP contribution < -0.4 is 5.73 Å². The lowest BCUT2D eigenvalue weighted by Crippen LogP contribution is -2.38. The van der Waals surface area contributed by atoms with Gasteiger partial charge in [0.15, 0.2) is 0 Å². The quantitative estimate of drug-likeness (QED) is 0.586. The summed E-state index contributed by atoms with van der Waals surface area (Å²) in [6.07, 6.45) is -0.331. The minimum atomic E-state index is -0.899. The van der Waals surface area contributed by atoms with E-state index in [-0.39, 0.29) is 12.6 Å². The first-order chi connectivity index (χ1) is 7.49. The van der Waals surface area contributed by atoms with Gasteiger partial charge in [-0.2, -0.15) is 0 Å². The highest BCUT2D eigenvalue weighted by molar-refractivity contribution is 5.70. The van der Waals surface area contributed by atoms with Crippen LogP contribution in [0.5, 0.6) is 0 Å². The summed E-state index contributed by atoms with van der Waals surface area (Å²) in [5.41, 5.74) is 4.86. The average molecular weight is 228 g/mol. The lowest BCUT2D eigenvalue weighted by Gasteiger charge is -2.17. The van der Waals surface area contributed by atoms with Gasteiger partial charge >= 0.3 is 6.03 Å². The number of nitrogens with zero attached hydrogens (tertiary/aromatic N) is 1. The van der Waals surface area contributed by atoms with Gasteiger partial charge in [0.1, 0.15) is 18.1 Å². The van der Waals surface area contributed by atoms with Crippen molar-refractivity contribution in [2.45, 2.75) is 26.6 Å². The molecule has 0 radical (unpaired) electrons. The summed E-state index contributed by atoms with van der Waals surface area (Å²) in [7, 11) is 0. The standard InChI is InChI=1S/C10H16N2O4/c1-7-3-4-9(16-7)6-15-8(2)5-12(14)10(11)13/h3-4,8,14H,5-6H2,1-2H3,(H2,11,13). The Balaban J connectivity index is 2.30. The zero-order chi connectivity index (χ0) is 12.1. The number of ether oxygens (including phenoxy) is 1. The molecule has 1 rings (SSSR count). The Bertz CT molecular complexity index is 350. The average Bonchev–Trinajstić information content (AvgIpc) is 2.61. The predicted molar refractivity (Wildman–Crippen MR) is 55.8 cm³/mol. The third-order valence-electron chi connectivity index (χ3n) is 1.99. The molecule has 0 saturated carbocycles. The maximum Gasteiger partial charge on any atom is 0.338 e. The molecule has 0 aliphatic carbocycles. The molecule has 0 aliphatic heterocycles. The van der Waals surface area contributed by atoms with Gasteiger partial charge in [-0.3, -0.25) is 5.21 Å². The van der Waals surface area contributed by atoms with Gasteiger partial charge in [-0.05, 0) is 26.0 Å². The number of hydrogen-bond acceptors (Lipinski definition) is 4. The molecule has 0 aliphatic rings. The first-order valence-corrected chi connectivity index (χ1v) is 4.92. The third kappa shape index (κ3) is 3.92. The van der Waals surface area contributed by atoms with Crippen LogP contribution in [0, 0.1) is 6.92 Å². The van der Waals surface area contributed by atoms with Gasteiger partial charge in [-0.15, -0.1) is 0 Å². The Hall–Kier alpha value is -1.53. The van der Waals surface area contributed by atoms with Crippen molar-refractivity contribution in [3.63, 3.8) is 0 Å². The number of nitrogens with two attached hydrogens (primary N) is 1. The smallest absolute Gasteiger partial charge is 0.338 e. The highest BCUT2D eigenvalue weighted by Gasteiger charge is 2.12. The molecule has 0 fully saturated rings. The van der Waals surface area contributed by atoms with Crippen molar-refractivity contribution in [3.05, 3.63) is 23.7 Å². The monoisotopic (exact) mass is 228 g/mol. The second-order valence-electron chi connectivity index (χ2n) is 3.55. The SMILES string of the molecule is Cc1ccc(COC(C)CN(O)C(N)=O)o1. The molecule has 1 aromatic heterocycles. The number of aryl methyl sites for hydroxylation is 1. The van der Waals surface area contributed by atoms with Crippen molar-refractivity contribution in [1.29, 1.82) is 0 Å². The van der Waals surface area contributed by atoms with E-state index >= 15 is 0 Å². The lowest BCUT2D eigenvalue weighted by atomic mass is 10.4. The van der Waals surface area contributed by atoms with Crippen molar-refractivity contribution in [3.8, 4) is 0 Å². The van der Waals surface area contributed by atoms with E-state index in [1.807, 2.05) is 19.1 Å². The number of furan rings is 1. The van der Waals surface area contributed by atoms with Crippen molar-refractivity contribution in [1.82, 2.24) is 5.06 Å². The summed E-state index contributed by atoms with van der Waals surface area (Å²) < 4.78 is 10.7. The molecule has 1 heterocycles. The molecular formula is C10H16N2O4. The fourth-order valence-corrected chi connectivity index (χ4v) is 1.17. The normalized spacial score (nSPS) is 12.4. The highest BCUT2D eigenvalue weighted by atomic mass is 16.5. The second-order valence-corrected chi connectivity index (χ2v) is 3.55. The van der Waals surface area contributed by atoms with E-state index in [2.05, 4.69) is 0 Å². The van der Waals surface area contributed by atoms with Crippen LogP contribution in [-0.4, -0.2) is 29.0 Å². The van der Waals surface area contributed by atoms with Crippen LogP contribution in [0.1, 0.15) is 18.4 Å². The number of primary amides is 1. The zero-order valence-corrected chi connectivity index (χ0v) is 9.34. The number of carbonyl (C=O) groups is 1. The zero-order valence-electron chi connectivity index (χ0n) is 9.34. The van der Waals surface area contributed by atoms with E-state index in [4.69, 9.17) is 20.1 Å². The summed E-state index contributed by atoms with van der Waals surface area (Å²) in [5.74, 6) is 1.51. The number of carbonyl (C=O) groups excluding carboxylic acids is 1. The molecule has 2 amide bonds. The highest BCUT2D eigenvalue weighted by Crippen LogP contribution is 2.08. The van der Waals surface area contributed by atoms with Gasteiger partial charge in [-0.1, -0.05) is 0 Å². The maximum absolute atomic E-state index is 10.5. The van der Waals surface area contributed by atoms with Gasteiger partial charge in [0.25, 0.3) is 0 Å². The Morgan fingerprint density at radius 3 is 2.88 bits per heavy atom. The van der Waals surface area contributed by atoms with E-state index in [1.165, 1.54) is 0 Å². The van der Waals surface area contributed by atoms with Crippen LogP contribution in [0.3, 0.4) is 0 Å². The van der Waals surface area contributed by atoms with Crippen LogP contribution in [0.4, 0.5) is 4.79 Å². The fourth-order valence-electron chi connectivity index (χ4n) is 1.17. The van der Waals surface area contributed by atoms with Crippen LogP contribution in [-0.2, 0) is 11.3 Å². The minimum Gasteiger partial charge on any atom is -0.464 e. The van der Waals surface area contributed by atoms with Crippen LogP contribution in [0.2, 0.25) is 0 Å². The molecule has 3 N–H and O–H groups in total. The first-order valence-electron chi connectivity index (χ1n) is 4.92. The van der Waals surface area contributed by atoms with Crippen molar-refractivity contribution < 1.29 is 19.2 Å². The van der Waals surface area contributed by atoms with E-state index in [9.17, 15) is 4.79 Å². The van der Waals surface area contributed by atoms with Crippen molar-refractivity contribution in [2.75, 3.05) is 6.54 Å². The molecule has 1 atom stereocenters. The largest absolute Gasteiger partial charge is 0.464 e. The lowest BCUT2D eigenvalue weighted by molar-refractivity contribution is -0.0811. The summed E-state index contributed by atoms with van der Waals surface area (Å²) in [4.78, 5) is 10.5. The summed E-state index contributed by atoms with van der Waals surface area (Å²) >= 11 is 0. The molecular weight excluding hydrogens is 212 g/mol. The molecule has 0 aromatic carbocycles. The van der Waals surface area contributed by atoms with Crippen LogP contribution in [0.15, 0.2) is 16.5 Å². The Morgan fingerprint density at radius 1 is 1.69 bits per heavy atom. The molecule has 16 heavy (non-hydrogen) atoms. The first kappa shape index (κ1) is 12.5. The van der Waals surface area contributed by atoms with Crippen LogP contribution >= 0.6 is 0 Å². The topological polar surface area (TPSA) is 88.9 Å². The Kier molecular flexibility index (Phi) is 4.33. The van der Waals surface area contributed by atoms with E-state index in [0.717, 1.165) is 5.76 Å². The summed E-state index contributed by atoms with van der Waals surface area (Å²) in [6.45, 7) is 3.88. The molecule has 1 aromatic rings. The maximum atomic E-state index is 10.5. The number of amides is 2. The van der Waals surface area contributed by atoms with Gasteiger partial charge in [0, 0.05) is 0 Å². The predicted octanol–water partition coefficient (Wildman–Crippen LogP) is 1.26. The van der Waals surface area contributed by atoms with E-state index in [0.29, 0.717) is 17.4 Å². The summed E-state index contributed by atoms with van der Waals surface area (Å²) in [5, 5.41) is 9.47. The van der Waals surface area contributed by atoms with Crippen LogP contribution in [0.25, 0.3) is 0 Å². The third-order valence-corrected chi connectivity index (χ3v) is 1.99. The van der Waals surface area contributed by atoms with Gasteiger partial charge in [0.2, 0.25) is 0 Å². The molecule has 1 unspecified atom stereocenters.